The average Bonchev–Trinajstić information content (AvgIpc) is 2.97. The van der Waals surface area contributed by atoms with Crippen molar-refractivity contribution in [1.82, 2.24) is 0 Å². The van der Waals surface area contributed by atoms with Crippen molar-refractivity contribution < 1.29 is 9.53 Å². The number of hydrogen-bond donors (Lipinski definition) is 1. The number of hydrogen-bond acceptors (Lipinski definition) is 3. The summed E-state index contributed by atoms with van der Waals surface area (Å²) < 4.78 is 4.81. The third kappa shape index (κ3) is 1.42. The Kier molecular flexibility index (Phi) is 2.27. The summed E-state index contributed by atoms with van der Waals surface area (Å²) >= 11 is 4.26. The maximum absolute atomic E-state index is 11.6. The number of carbonyl (C=O) groups is 1. The largest absolute Gasteiger partial charge is 0.468 e. The second kappa shape index (κ2) is 3.31. The van der Waals surface area contributed by atoms with Gasteiger partial charge in [-0.2, -0.15) is 0 Å². The first-order chi connectivity index (χ1) is 6.69. The predicted octanol–water partition coefficient (Wildman–Crippen LogP) is 2.18. The molecule has 0 heterocycles. The Morgan fingerprint density at radius 3 is 2.71 bits per heavy atom. The molecule has 1 aromatic rings. The van der Waals surface area contributed by atoms with Gasteiger partial charge in [0, 0.05) is 4.90 Å². The van der Waals surface area contributed by atoms with Crippen molar-refractivity contribution in [3.05, 3.63) is 29.8 Å². The molecule has 0 bridgehead atoms. The topological polar surface area (TPSA) is 26.3 Å². The predicted molar refractivity (Wildman–Crippen MR) is 56.6 cm³/mol. The Bertz CT molecular complexity index is 369. The van der Waals surface area contributed by atoms with E-state index in [0.29, 0.717) is 0 Å². The lowest BCUT2D eigenvalue weighted by atomic mass is 9.96. The molecule has 3 heteroatoms. The van der Waals surface area contributed by atoms with E-state index in [1.165, 1.54) is 7.11 Å². The Morgan fingerprint density at radius 2 is 2.21 bits per heavy atom. The monoisotopic (exact) mass is 208 g/mol. The Morgan fingerprint density at radius 1 is 1.50 bits per heavy atom. The van der Waals surface area contributed by atoms with Gasteiger partial charge >= 0.3 is 5.97 Å². The minimum atomic E-state index is -0.368. The summed E-state index contributed by atoms with van der Waals surface area (Å²) in [6.45, 7) is 0. The van der Waals surface area contributed by atoms with Crippen LogP contribution in [0, 0.1) is 0 Å². The zero-order valence-electron chi connectivity index (χ0n) is 7.99. The molecule has 14 heavy (non-hydrogen) atoms. The highest BCUT2D eigenvalue weighted by atomic mass is 32.1. The van der Waals surface area contributed by atoms with E-state index in [2.05, 4.69) is 12.6 Å². The van der Waals surface area contributed by atoms with E-state index in [-0.39, 0.29) is 11.4 Å². The summed E-state index contributed by atoms with van der Waals surface area (Å²) in [4.78, 5) is 12.4. The Hall–Kier alpha value is -0.960. The van der Waals surface area contributed by atoms with Gasteiger partial charge in [0.1, 0.15) is 0 Å². The zero-order chi connectivity index (χ0) is 10.2. The molecular formula is C11H12O2S. The molecule has 74 valence electrons. The van der Waals surface area contributed by atoms with Crippen LogP contribution in [0.25, 0.3) is 0 Å². The Balaban J connectivity index is 2.35. The number of benzene rings is 1. The molecule has 0 atom stereocenters. The van der Waals surface area contributed by atoms with Crippen LogP contribution < -0.4 is 0 Å². The van der Waals surface area contributed by atoms with Gasteiger partial charge in [-0.3, -0.25) is 4.79 Å². The van der Waals surface area contributed by atoms with Crippen molar-refractivity contribution in [2.75, 3.05) is 7.11 Å². The number of methoxy groups -OCH3 is 1. The fraction of sp³-hybridized carbons (Fsp3) is 0.364. The summed E-state index contributed by atoms with van der Waals surface area (Å²) in [6.07, 6.45) is 1.77. The van der Waals surface area contributed by atoms with Crippen LogP contribution in [0.1, 0.15) is 18.4 Å². The number of rotatable bonds is 2. The normalized spacial score (nSPS) is 17.6. The van der Waals surface area contributed by atoms with Gasteiger partial charge < -0.3 is 4.74 Å². The fourth-order valence-electron chi connectivity index (χ4n) is 1.73. The lowest BCUT2D eigenvalue weighted by molar-refractivity contribution is -0.143. The first-order valence-electron chi connectivity index (χ1n) is 4.57. The molecule has 1 aromatic carbocycles. The van der Waals surface area contributed by atoms with E-state index in [9.17, 15) is 4.79 Å². The van der Waals surface area contributed by atoms with Gasteiger partial charge in [0.2, 0.25) is 0 Å². The van der Waals surface area contributed by atoms with Crippen LogP contribution in [0.2, 0.25) is 0 Å². The van der Waals surface area contributed by atoms with Crippen molar-refractivity contribution in [1.29, 1.82) is 0 Å². The molecule has 0 aromatic heterocycles. The molecule has 0 spiro atoms. The second-order valence-electron chi connectivity index (χ2n) is 3.62. The third-order valence-corrected chi connectivity index (χ3v) is 3.00. The molecule has 0 aliphatic heterocycles. The highest BCUT2D eigenvalue weighted by Gasteiger charge is 2.52. The number of esters is 1. The maximum atomic E-state index is 11.6. The van der Waals surface area contributed by atoms with E-state index < -0.39 is 0 Å². The lowest BCUT2D eigenvalue weighted by Crippen LogP contribution is -2.21. The van der Waals surface area contributed by atoms with E-state index in [1.54, 1.807) is 0 Å². The van der Waals surface area contributed by atoms with Gasteiger partial charge in [-0.25, -0.2) is 0 Å². The molecular weight excluding hydrogens is 196 g/mol. The summed E-state index contributed by atoms with van der Waals surface area (Å²) in [7, 11) is 1.44. The van der Waals surface area contributed by atoms with Crippen LogP contribution >= 0.6 is 12.6 Å². The molecule has 1 saturated carbocycles. The minimum Gasteiger partial charge on any atom is -0.468 e. The molecule has 2 rings (SSSR count). The summed E-state index contributed by atoms with van der Waals surface area (Å²) in [5.41, 5.74) is 0.657. The quantitative estimate of drug-likeness (QED) is 0.595. The van der Waals surface area contributed by atoms with Crippen molar-refractivity contribution in [2.24, 2.45) is 0 Å². The molecule has 0 amide bonds. The summed E-state index contributed by atoms with van der Waals surface area (Å²) in [6, 6.07) is 7.72. The van der Waals surface area contributed by atoms with Crippen molar-refractivity contribution in [3.8, 4) is 0 Å². The minimum absolute atomic E-state index is 0.128. The van der Waals surface area contributed by atoms with Crippen LogP contribution in [-0.2, 0) is 14.9 Å². The van der Waals surface area contributed by atoms with E-state index in [1.807, 2.05) is 24.3 Å². The highest BCUT2D eigenvalue weighted by molar-refractivity contribution is 7.80. The first kappa shape index (κ1) is 9.59. The molecule has 0 N–H and O–H groups in total. The van der Waals surface area contributed by atoms with Crippen LogP contribution in [0.4, 0.5) is 0 Å². The van der Waals surface area contributed by atoms with Crippen molar-refractivity contribution in [2.45, 2.75) is 23.2 Å². The lowest BCUT2D eigenvalue weighted by Gasteiger charge is -2.12. The van der Waals surface area contributed by atoms with E-state index >= 15 is 0 Å². The smallest absolute Gasteiger partial charge is 0.316 e. The maximum Gasteiger partial charge on any atom is 0.316 e. The van der Waals surface area contributed by atoms with Gasteiger partial charge in [0.15, 0.2) is 0 Å². The van der Waals surface area contributed by atoms with E-state index in [4.69, 9.17) is 4.74 Å². The molecule has 1 fully saturated rings. The average molecular weight is 208 g/mol. The van der Waals surface area contributed by atoms with Gasteiger partial charge in [-0.1, -0.05) is 12.1 Å². The summed E-state index contributed by atoms with van der Waals surface area (Å²) in [5.74, 6) is -0.128. The molecule has 0 unspecified atom stereocenters. The van der Waals surface area contributed by atoms with Gasteiger partial charge in [0.05, 0.1) is 12.5 Å². The van der Waals surface area contributed by atoms with Gasteiger partial charge in [-0.15, -0.1) is 12.6 Å². The molecule has 1 aliphatic rings. The number of ether oxygens (including phenoxy) is 1. The molecule has 0 saturated heterocycles. The molecule has 1 aliphatic carbocycles. The fourth-order valence-corrected chi connectivity index (χ4v) is 1.96. The van der Waals surface area contributed by atoms with Gasteiger partial charge in [-0.05, 0) is 30.5 Å². The number of thiol groups is 1. The SMILES string of the molecule is COC(=O)C1(c2cccc(S)c2)CC1. The second-order valence-corrected chi connectivity index (χ2v) is 4.14. The summed E-state index contributed by atoms with van der Waals surface area (Å²) in [5, 5.41) is 0. The van der Waals surface area contributed by atoms with Crippen molar-refractivity contribution >= 4 is 18.6 Å². The van der Waals surface area contributed by atoms with Crippen LogP contribution in [-0.4, -0.2) is 13.1 Å². The van der Waals surface area contributed by atoms with Crippen LogP contribution in [0.15, 0.2) is 29.2 Å². The van der Waals surface area contributed by atoms with E-state index in [0.717, 1.165) is 23.3 Å². The van der Waals surface area contributed by atoms with Crippen LogP contribution in [0.5, 0.6) is 0 Å². The standard InChI is InChI=1S/C11H12O2S/c1-13-10(12)11(5-6-11)8-3-2-4-9(14)7-8/h2-4,7,14H,5-6H2,1H3. The zero-order valence-corrected chi connectivity index (χ0v) is 8.88. The van der Waals surface area contributed by atoms with Gasteiger partial charge in [0.25, 0.3) is 0 Å². The Labute approximate surface area is 88.7 Å². The highest BCUT2D eigenvalue weighted by Crippen LogP contribution is 2.49. The first-order valence-corrected chi connectivity index (χ1v) is 5.02. The molecule has 0 radical (unpaired) electrons. The number of carbonyl (C=O) groups excluding carboxylic acids is 1. The van der Waals surface area contributed by atoms with Crippen LogP contribution in [0.3, 0.4) is 0 Å². The third-order valence-electron chi connectivity index (χ3n) is 2.72. The molecule has 2 nitrogen and oxygen atoms in total. The van der Waals surface area contributed by atoms with Crippen molar-refractivity contribution in [3.63, 3.8) is 0 Å².